The SMILES string of the molecule is Cc1c(N=Cc2ccccn2)c(=O)n(-c2ccccc2)n1C.N.[Cl-].[Cl-].[Pt+2]. The number of aromatic nitrogens is 3. The van der Waals surface area contributed by atoms with Crippen molar-refractivity contribution in [2.24, 2.45) is 12.0 Å². The van der Waals surface area contributed by atoms with Crippen LogP contribution in [0.1, 0.15) is 11.4 Å². The second kappa shape index (κ2) is 11.8. The molecule has 26 heavy (non-hydrogen) atoms. The van der Waals surface area contributed by atoms with E-state index in [1.807, 2.05) is 67.2 Å². The van der Waals surface area contributed by atoms with Gasteiger partial charge in [0.05, 0.1) is 23.3 Å². The molecule has 9 heteroatoms. The summed E-state index contributed by atoms with van der Waals surface area (Å²) in [6.45, 7) is 1.88. The minimum atomic E-state index is -0.140. The molecule has 0 aliphatic carbocycles. The van der Waals surface area contributed by atoms with Crippen LogP contribution in [0.2, 0.25) is 0 Å². The molecule has 0 atom stereocenters. The molecule has 0 aliphatic heterocycles. The second-order valence-corrected chi connectivity index (χ2v) is 4.92. The molecule has 0 bridgehead atoms. The van der Waals surface area contributed by atoms with Gasteiger partial charge in [-0.3, -0.25) is 14.5 Å². The molecule has 2 aromatic heterocycles. The fourth-order valence-corrected chi connectivity index (χ4v) is 2.29. The maximum Gasteiger partial charge on any atom is 2.00 e. The van der Waals surface area contributed by atoms with Crippen molar-refractivity contribution in [1.29, 1.82) is 0 Å². The van der Waals surface area contributed by atoms with Crippen molar-refractivity contribution < 1.29 is 45.9 Å². The van der Waals surface area contributed by atoms with E-state index >= 15 is 0 Å². The Hall–Kier alpha value is -1.72. The van der Waals surface area contributed by atoms with E-state index in [0.29, 0.717) is 5.69 Å². The van der Waals surface area contributed by atoms with Gasteiger partial charge in [0.1, 0.15) is 0 Å². The van der Waals surface area contributed by atoms with Gasteiger partial charge in [-0.15, -0.1) is 0 Å². The van der Waals surface area contributed by atoms with Crippen molar-refractivity contribution in [3.8, 4) is 5.69 Å². The molecular weight excluding hydrogens is 556 g/mol. The number of rotatable bonds is 3. The van der Waals surface area contributed by atoms with Gasteiger partial charge in [0.25, 0.3) is 5.56 Å². The van der Waals surface area contributed by atoms with Crippen LogP contribution >= 0.6 is 0 Å². The molecule has 0 saturated carbocycles. The van der Waals surface area contributed by atoms with E-state index in [-0.39, 0.29) is 57.6 Å². The summed E-state index contributed by atoms with van der Waals surface area (Å²) in [6.07, 6.45) is 3.31. The van der Waals surface area contributed by atoms with Crippen LogP contribution in [0.15, 0.2) is 64.5 Å². The van der Waals surface area contributed by atoms with Gasteiger partial charge in [0, 0.05) is 13.2 Å². The smallest absolute Gasteiger partial charge is 1.00 e. The third-order valence-corrected chi connectivity index (χ3v) is 3.54. The number of hydrogen-bond donors (Lipinski definition) is 1. The summed E-state index contributed by atoms with van der Waals surface area (Å²) in [5.41, 5.74) is 2.63. The summed E-state index contributed by atoms with van der Waals surface area (Å²) in [5, 5.41) is 0. The van der Waals surface area contributed by atoms with Gasteiger partial charge in [0.15, 0.2) is 5.69 Å². The number of halogens is 2. The van der Waals surface area contributed by atoms with Crippen molar-refractivity contribution in [3.05, 3.63) is 76.5 Å². The topological polar surface area (TPSA) is 87.2 Å². The number of para-hydroxylation sites is 1. The third kappa shape index (κ3) is 5.39. The Morgan fingerprint density at radius 2 is 1.65 bits per heavy atom. The minimum absolute atomic E-state index is 0. The third-order valence-electron chi connectivity index (χ3n) is 3.54. The van der Waals surface area contributed by atoms with E-state index in [4.69, 9.17) is 0 Å². The Labute approximate surface area is 179 Å². The van der Waals surface area contributed by atoms with Crippen LogP contribution in [0.3, 0.4) is 0 Å². The number of benzene rings is 1. The minimum Gasteiger partial charge on any atom is -1.00 e. The summed E-state index contributed by atoms with van der Waals surface area (Å²) in [7, 11) is 1.85. The fourth-order valence-electron chi connectivity index (χ4n) is 2.29. The molecule has 142 valence electrons. The summed E-state index contributed by atoms with van der Waals surface area (Å²) < 4.78 is 3.42. The molecule has 0 unspecified atom stereocenters. The fraction of sp³-hybridized carbons (Fsp3) is 0.118. The van der Waals surface area contributed by atoms with Crippen molar-refractivity contribution in [2.45, 2.75) is 6.92 Å². The second-order valence-electron chi connectivity index (χ2n) is 4.92. The van der Waals surface area contributed by atoms with Crippen LogP contribution in [0, 0.1) is 6.92 Å². The van der Waals surface area contributed by atoms with E-state index in [0.717, 1.165) is 17.1 Å². The Bertz CT molecular complexity index is 879. The van der Waals surface area contributed by atoms with Crippen molar-refractivity contribution >= 4 is 11.9 Å². The van der Waals surface area contributed by atoms with Gasteiger partial charge < -0.3 is 31.0 Å². The molecule has 2 heterocycles. The standard InChI is InChI=1S/C17H16N4O.2ClH.H3N.Pt/c1-13-16(19-12-14-8-6-7-11-18-14)17(22)21(20(13)2)15-9-4-3-5-10-15;;;;/h3-12H,1-2H3;2*1H;1H3;/q;;;;+2/p-2. The Morgan fingerprint density at radius 1 is 1.04 bits per heavy atom. The molecule has 0 saturated heterocycles. The van der Waals surface area contributed by atoms with Gasteiger partial charge in [-0.1, -0.05) is 24.3 Å². The number of nitrogens with zero attached hydrogens (tertiary/aromatic N) is 4. The molecule has 0 fully saturated rings. The Kier molecular flexibility index (Phi) is 12.0. The zero-order valence-electron chi connectivity index (χ0n) is 14.2. The van der Waals surface area contributed by atoms with Crippen LogP contribution in [0.4, 0.5) is 5.69 Å². The number of pyridine rings is 1. The van der Waals surface area contributed by atoms with Crippen LogP contribution in [-0.4, -0.2) is 20.6 Å². The first-order valence-electron chi connectivity index (χ1n) is 6.97. The quantitative estimate of drug-likeness (QED) is 0.334. The molecule has 0 radical (unpaired) electrons. The van der Waals surface area contributed by atoms with Gasteiger partial charge >= 0.3 is 21.1 Å². The summed E-state index contributed by atoms with van der Waals surface area (Å²) >= 11 is 0. The first-order valence-corrected chi connectivity index (χ1v) is 6.97. The Balaban J connectivity index is 0. The normalized spacial score (nSPS) is 9.46. The molecule has 3 aromatic rings. The van der Waals surface area contributed by atoms with E-state index in [9.17, 15) is 4.79 Å². The van der Waals surface area contributed by atoms with Crippen LogP contribution in [-0.2, 0) is 28.1 Å². The zero-order valence-corrected chi connectivity index (χ0v) is 18.0. The summed E-state index contributed by atoms with van der Waals surface area (Å²) in [5.74, 6) is 0. The average Bonchev–Trinajstić information content (AvgIpc) is 2.77. The monoisotopic (exact) mass is 574 g/mol. The predicted octanol–water partition coefficient (Wildman–Crippen LogP) is -3.20. The molecule has 0 spiro atoms. The van der Waals surface area contributed by atoms with E-state index < -0.39 is 0 Å². The van der Waals surface area contributed by atoms with E-state index in [2.05, 4.69) is 9.98 Å². The van der Waals surface area contributed by atoms with Gasteiger partial charge in [0.2, 0.25) is 0 Å². The Morgan fingerprint density at radius 3 is 2.23 bits per heavy atom. The molecule has 0 aliphatic rings. The van der Waals surface area contributed by atoms with Crippen LogP contribution < -0.4 is 36.5 Å². The largest absolute Gasteiger partial charge is 2.00 e. The average molecular weight is 575 g/mol. The molecular formula is C17H19Cl2N5OPt. The van der Waals surface area contributed by atoms with Crippen molar-refractivity contribution in [1.82, 2.24) is 20.5 Å². The molecule has 3 rings (SSSR count). The number of hydrogen-bond acceptors (Lipinski definition) is 4. The summed E-state index contributed by atoms with van der Waals surface area (Å²) in [4.78, 5) is 21.2. The predicted molar refractivity (Wildman–Crippen MR) is 92.3 cm³/mol. The van der Waals surface area contributed by atoms with Gasteiger partial charge in [-0.2, -0.15) is 0 Å². The van der Waals surface area contributed by atoms with Crippen LogP contribution in [0.5, 0.6) is 0 Å². The zero-order chi connectivity index (χ0) is 15.5. The maximum atomic E-state index is 12.6. The van der Waals surface area contributed by atoms with Crippen molar-refractivity contribution in [2.75, 3.05) is 0 Å². The maximum absolute atomic E-state index is 12.6. The molecule has 3 N–H and O–H groups in total. The summed E-state index contributed by atoms with van der Waals surface area (Å²) in [6, 6.07) is 15.1. The van der Waals surface area contributed by atoms with E-state index in [1.54, 1.807) is 17.1 Å². The van der Waals surface area contributed by atoms with Crippen molar-refractivity contribution in [3.63, 3.8) is 0 Å². The molecule has 6 nitrogen and oxygen atoms in total. The first-order chi connectivity index (χ1) is 10.7. The molecule has 0 amide bonds. The first kappa shape index (κ1) is 26.5. The molecule has 1 aromatic carbocycles. The van der Waals surface area contributed by atoms with Gasteiger partial charge in [-0.25, -0.2) is 9.67 Å². The number of aliphatic imine (C=N–C) groups is 1. The van der Waals surface area contributed by atoms with Gasteiger partial charge in [-0.05, 0) is 31.2 Å². The van der Waals surface area contributed by atoms with Crippen LogP contribution in [0.25, 0.3) is 5.69 Å². The van der Waals surface area contributed by atoms with E-state index in [1.165, 1.54) is 0 Å².